The molecule has 2 atom stereocenters. The van der Waals surface area contributed by atoms with E-state index in [1.165, 1.54) is 6.07 Å². The normalized spacial score (nSPS) is 25.8. The number of fused-ring (bicyclic) bond motifs is 1. The Balaban J connectivity index is 1.69. The molecular weight excluding hydrogens is 347 g/mol. The van der Waals surface area contributed by atoms with Gasteiger partial charge in [0.05, 0.1) is 24.2 Å². The minimum atomic E-state index is -3.20. The minimum absolute atomic E-state index is 0.0226. The van der Waals surface area contributed by atoms with Gasteiger partial charge in [-0.3, -0.25) is 9.69 Å². The van der Waals surface area contributed by atoms with Crippen LogP contribution in [-0.2, 0) is 21.1 Å². The molecular formula is C17H23FN2O4S. The number of sulfone groups is 1. The van der Waals surface area contributed by atoms with Crippen molar-refractivity contribution in [3.8, 4) is 0 Å². The van der Waals surface area contributed by atoms with Crippen LogP contribution in [0, 0.1) is 5.82 Å². The summed E-state index contributed by atoms with van der Waals surface area (Å²) < 4.78 is 37.8. The molecule has 0 unspecified atom stereocenters. The van der Waals surface area contributed by atoms with E-state index in [-0.39, 0.29) is 48.3 Å². The number of β-amino-alcohol motifs (C(OH)–C–C–N with tert-alkyl or cyclic N) is 1. The number of carbonyl (C=O) groups is 1. The van der Waals surface area contributed by atoms with E-state index in [9.17, 15) is 22.7 Å². The summed E-state index contributed by atoms with van der Waals surface area (Å²) in [7, 11) is -3.20. The highest BCUT2D eigenvalue weighted by Gasteiger charge is 2.47. The molecule has 2 saturated heterocycles. The first-order valence-corrected chi connectivity index (χ1v) is 10.3. The van der Waals surface area contributed by atoms with E-state index in [0.29, 0.717) is 31.6 Å². The third-order valence-corrected chi connectivity index (χ3v) is 6.76. The number of piperazine rings is 1. The van der Waals surface area contributed by atoms with Crippen LogP contribution in [0.15, 0.2) is 24.3 Å². The number of amides is 1. The lowest BCUT2D eigenvalue weighted by Crippen LogP contribution is -2.61. The molecule has 3 rings (SSSR count). The summed E-state index contributed by atoms with van der Waals surface area (Å²) in [6.45, 7) is 1.36. The first kappa shape index (κ1) is 18.3. The molecule has 0 radical (unpaired) electrons. The number of halogens is 1. The number of hydrogen-bond acceptors (Lipinski definition) is 5. The summed E-state index contributed by atoms with van der Waals surface area (Å²) in [5.74, 6) is -0.483. The number of hydrogen-bond donors (Lipinski definition) is 1. The van der Waals surface area contributed by atoms with Gasteiger partial charge in [-0.05, 0) is 18.1 Å². The molecule has 2 heterocycles. The summed E-state index contributed by atoms with van der Waals surface area (Å²) in [6.07, 6.45) is 0.455. The third kappa shape index (κ3) is 4.02. The van der Waals surface area contributed by atoms with Gasteiger partial charge >= 0.3 is 0 Å². The van der Waals surface area contributed by atoms with E-state index in [1.807, 2.05) is 4.90 Å². The van der Waals surface area contributed by atoms with Crippen LogP contribution in [0.1, 0.15) is 12.0 Å². The average molecular weight is 370 g/mol. The zero-order chi connectivity index (χ0) is 18.0. The molecule has 6 nitrogen and oxygen atoms in total. The van der Waals surface area contributed by atoms with Crippen molar-refractivity contribution in [1.29, 1.82) is 0 Å². The summed E-state index contributed by atoms with van der Waals surface area (Å²) in [4.78, 5) is 16.2. The lowest BCUT2D eigenvalue weighted by atomic mass is 10.0. The zero-order valence-corrected chi connectivity index (χ0v) is 14.8. The Hall–Kier alpha value is -1.51. The van der Waals surface area contributed by atoms with E-state index in [1.54, 1.807) is 23.1 Å². The highest BCUT2D eigenvalue weighted by molar-refractivity contribution is 7.91. The maximum absolute atomic E-state index is 13.7. The van der Waals surface area contributed by atoms with E-state index in [4.69, 9.17) is 0 Å². The molecule has 0 aliphatic carbocycles. The van der Waals surface area contributed by atoms with Crippen LogP contribution in [0.2, 0.25) is 0 Å². The fourth-order valence-electron chi connectivity index (χ4n) is 3.83. The van der Waals surface area contributed by atoms with Crippen molar-refractivity contribution in [3.05, 3.63) is 35.6 Å². The summed E-state index contributed by atoms with van der Waals surface area (Å²) in [5, 5.41) is 9.17. The maximum Gasteiger partial charge on any atom is 0.223 e. The van der Waals surface area contributed by atoms with E-state index in [0.717, 1.165) is 0 Å². The number of nitrogens with zero attached hydrogens (tertiary/aromatic N) is 2. The Labute approximate surface area is 147 Å². The number of aryl methyl sites for hydroxylation is 1. The number of aliphatic hydroxyl groups excluding tert-OH is 1. The summed E-state index contributed by atoms with van der Waals surface area (Å²) in [5.41, 5.74) is 0.491. The first-order valence-electron chi connectivity index (χ1n) is 8.49. The Morgan fingerprint density at radius 3 is 2.64 bits per heavy atom. The first-order chi connectivity index (χ1) is 11.9. The molecule has 2 aliphatic heterocycles. The Bertz CT molecular complexity index is 740. The van der Waals surface area contributed by atoms with E-state index < -0.39 is 9.84 Å². The maximum atomic E-state index is 13.7. The fourth-order valence-corrected chi connectivity index (χ4v) is 5.84. The van der Waals surface area contributed by atoms with Crippen molar-refractivity contribution in [2.24, 2.45) is 0 Å². The highest BCUT2D eigenvalue weighted by atomic mass is 32.2. The fraction of sp³-hybridized carbons (Fsp3) is 0.588. The molecule has 0 saturated carbocycles. The van der Waals surface area contributed by atoms with Gasteiger partial charge in [0.2, 0.25) is 5.91 Å². The second-order valence-corrected chi connectivity index (χ2v) is 8.80. The molecule has 1 amide bonds. The molecule has 1 aromatic rings. The van der Waals surface area contributed by atoms with Crippen LogP contribution in [0.4, 0.5) is 4.39 Å². The topological polar surface area (TPSA) is 77.9 Å². The quantitative estimate of drug-likeness (QED) is 0.793. The van der Waals surface area contributed by atoms with Crippen molar-refractivity contribution < 1.29 is 22.7 Å². The molecule has 0 aromatic heterocycles. The van der Waals surface area contributed by atoms with Gasteiger partial charge in [-0.25, -0.2) is 12.8 Å². The molecule has 138 valence electrons. The van der Waals surface area contributed by atoms with Gasteiger partial charge < -0.3 is 10.0 Å². The largest absolute Gasteiger partial charge is 0.395 e. The summed E-state index contributed by atoms with van der Waals surface area (Å²) in [6, 6.07) is 5.73. The van der Waals surface area contributed by atoms with Crippen LogP contribution >= 0.6 is 0 Å². The van der Waals surface area contributed by atoms with E-state index in [2.05, 4.69) is 0 Å². The number of aliphatic hydroxyl groups is 1. The number of rotatable bonds is 5. The highest BCUT2D eigenvalue weighted by Crippen LogP contribution is 2.27. The monoisotopic (exact) mass is 370 g/mol. The third-order valence-electron chi connectivity index (χ3n) is 5.06. The Kier molecular flexibility index (Phi) is 5.41. The van der Waals surface area contributed by atoms with Crippen molar-refractivity contribution in [3.63, 3.8) is 0 Å². The van der Waals surface area contributed by atoms with Crippen LogP contribution in [0.25, 0.3) is 0 Å². The Morgan fingerprint density at radius 1 is 1.20 bits per heavy atom. The number of benzene rings is 1. The van der Waals surface area contributed by atoms with Crippen LogP contribution in [0.5, 0.6) is 0 Å². The molecule has 1 aromatic carbocycles. The van der Waals surface area contributed by atoms with Gasteiger partial charge in [0.25, 0.3) is 0 Å². The second-order valence-electron chi connectivity index (χ2n) is 6.65. The van der Waals surface area contributed by atoms with Gasteiger partial charge in [-0.15, -0.1) is 0 Å². The molecule has 8 heteroatoms. The number of carbonyl (C=O) groups excluding carboxylic acids is 1. The lowest BCUT2D eigenvalue weighted by Gasteiger charge is -2.43. The SMILES string of the molecule is O=C(CCc1ccccc1F)N1CCN(CCO)[C@H]2CS(=O)(=O)C[C@H]21. The summed E-state index contributed by atoms with van der Waals surface area (Å²) >= 11 is 0. The average Bonchev–Trinajstić information content (AvgIpc) is 2.89. The van der Waals surface area contributed by atoms with Crippen molar-refractivity contribution in [2.75, 3.05) is 37.7 Å². The molecule has 1 N–H and O–H groups in total. The van der Waals surface area contributed by atoms with Gasteiger partial charge in [-0.2, -0.15) is 0 Å². The van der Waals surface area contributed by atoms with Gasteiger partial charge in [0, 0.05) is 32.1 Å². The van der Waals surface area contributed by atoms with E-state index >= 15 is 0 Å². The van der Waals surface area contributed by atoms with Crippen molar-refractivity contribution in [1.82, 2.24) is 9.80 Å². The molecule has 25 heavy (non-hydrogen) atoms. The van der Waals surface area contributed by atoms with Gasteiger partial charge in [-0.1, -0.05) is 18.2 Å². The standard InChI is InChI=1S/C17H23FN2O4S/c18-14-4-2-1-3-13(14)5-6-17(22)20-8-7-19(9-10-21)15-11-25(23,24)12-16(15)20/h1-4,15-16,21H,5-12H2/t15-,16+/m0/s1. The zero-order valence-electron chi connectivity index (χ0n) is 14.0. The minimum Gasteiger partial charge on any atom is -0.395 e. The van der Waals surface area contributed by atoms with Gasteiger partial charge in [0.15, 0.2) is 9.84 Å². The predicted molar refractivity (Wildman–Crippen MR) is 91.3 cm³/mol. The smallest absolute Gasteiger partial charge is 0.223 e. The second kappa shape index (κ2) is 7.39. The van der Waals surface area contributed by atoms with Crippen molar-refractivity contribution in [2.45, 2.75) is 24.9 Å². The van der Waals surface area contributed by atoms with Crippen molar-refractivity contribution >= 4 is 15.7 Å². The van der Waals surface area contributed by atoms with Crippen LogP contribution in [-0.4, -0.2) is 79.1 Å². The lowest BCUT2D eigenvalue weighted by molar-refractivity contribution is -0.137. The molecule has 0 spiro atoms. The van der Waals surface area contributed by atoms with Crippen LogP contribution < -0.4 is 0 Å². The van der Waals surface area contributed by atoms with Gasteiger partial charge in [0.1, 0.15) is 5.82 Å². The molecule has 2 fully saturated rings. The Morgan fingerprint density at radius 2 is 1.92 bits per heavy atom. The predicted octanol–water partition coefficient (Wildman–Crippen LogP) is 0.0604. The molecule has 0 bridgehead atoms. The van der Waals surface area contributed by atoms with Crippen LogP contribution in [0.3, 0.4) is 0 Å². The molecule has 2 aliphatic rings.